The van der Waals surface area contributed by atoms with Gasteiger partial charge in [0.25, 0.3) is 0 Å². The predicted molar refractivity (Wildman–Crippen MR) is 66.6 cm³/mol. The van der Waals surface area contributed by atoms with Gasteiger partial charge < -0.3 is 0 Å². The number of rotatable bonds is 4. The van der Waals surface area contributed by atoms with Gasteiger partial charge in [0.15, 0.2) is 0 Å². The van der Waals surface area contributed by atoms with Crippen LogP contribution in [0.4, 0.5) is 0 Å². The standard InChI is InChI=1S/C13H21N3/c14-15-10-12-6-2-3-7-13(12)11-16-8-4-1-5-9-16/h2-3,6-7,15H,1,4-5,8-11,14H2. The monoisotopic (exact) mass is 219 g/mol. The Hall–Kier alpha value is -0.900. The zero-order chi connectivity index (χ0) is 11.2. The Labute approximate surface area is 97.6 Å². The highest BCUT2D eigenvalue weighted by molar-refractivity contribution is 5.26. The summed E-state index contributed by atoms with van der Waals surface area (Å²) in [6, 6.07) is 8.55. The summed E-state index contributed by atoms with van der Waals surface area (Å²) in [7, 11) is 0. The van der Waals surface area contributed by atoms with Crippen LogP contribution in [-0.2, 0) is 13.1 Å². The molecule has 1 saturated heterocycles. The Morgan fingerprint density at radius 3 is 2.44 bits per heavy atom. The Morgan fingerprint density at radius 1 is 1.06 bits per heavy atom. The van der Waals surface area contributed by atoms with Crippen LogP contribution < -0.4 is 11.3 Å². The van der Waals surface area contributed by atoms with Crippen LogP contribution in [0.2, 0.25) is 0 Å². The van der Waals surface area contributed by atoms with Crippen molar-refractivity contribution in [2.75, 3.05) is 13.1 Å². The lowest BCUT2D eigenvalue weighted by Crippen LogP contribution is -2.30. The number of hydrogen-bond acceptors (Lipinski definition) is 3. The van der Waals surface area contributed by atoms with Crippen LogP contribution in [0.5, 0.6) is 0 Å². The quantitative estimate of drug-likeness (QED) is 0.597. The van der Waals surface area contributed by atoms with Crippen LogP contribution in [0.1, 0.15) is 30.4 Å². The lowest BCUT2D eigenvalue weighted by Gasteiger charge is -2.27. The maximum atomic E-state index is 5.40. The topological polar surface area (TPSA) is 41.3 Å². The van der Waals surface area contributed by atoms with Crippen molar-refractivity contribution in [1.29, 1.82) is 0 Å². The number of likely N-dealkylation sites (tertiary alicyclic amines) is 1. The summed E-state index contributed by atoms with van der Waals surface area (Å²) in [5.74, 6) is 5.40. The third-order valence-corrected chi connectivity index (χ3v) is 3.25. The fourth-order valence-corrected chi connectivity index (χ4v) is 2.35. The second-order valence-corrected chi connectivity index (χ2v) is 4.49. The minimum Gasteiger partial charge on any atom is -0.299 e. The van der Waals surface area contributed by atoms with Gasteiger partial charge in [0, 0.05) is 13.1 Å². The summed E-state index contributed by atoms with van der Waals surface area (Å²) in [5.41, 5.74) is 5.46. The van der Waals surface area contributed by atoms with Gasteiger partial charge in [-0.2, -0.15) is 0 Å². The molecule has 0 unspecified atom stereocenters. The molecule has 88 valence electrons. The molecule has 1 aliphatic heterocycles. The molecule has 0 aromatic heterocycles. The minimum absolute atomic E-state index is 0.754. The first-order chi connectivity index (χ1) is 7.90. The van der Waals surface area contributed by atoms with Crippen molar-refractivity contribution in [2.24, 2.45) is 5.84 Å². The molecule has 0 saturated carbocycles. The average Bonchev–Trinajstić information content (AvgIpc) is 2.33. The molecule has 0 spiro atoms. The second-order valence-electron chi connectivity index (χ2n) is 4.49. The van der Waals surface area contributed by atoms with E-state index in [1.807, 2.05) is 0 Å². The van der Waals surface area contributed by atoms with Gasteiger partial charge in [0.2, 0.25) is 0 Å². The van der Waals surface area contributed by atoms with E-state index >= 15 is 0 Å². The Kier molecular flexibility index (Phi) is 4.34. The van der Waals surface area contributed by atoms with E-state index in [-0.39, 0.29) is 0 Å². The van der Waals surface area contributed by atoms with Gasteiger partial charge >= 0.3 is 0 Å². The largest absolute Gasteiger partial charge is 0.299 e. The zero-order valence-corrected chi connectivity index (χ0v) is 9.78. The average molecular weight is 219 g/mol. The van der Waals surface area contributed by atoms with E-state index in [4.69, 9.17) is 5.84 Å². The maximum absolute atomic E-state index is 5.40. The normalized spacial score (nSPS) is 17.6. The Balaban J connectivity index is 2.01. The summed E-state index contributed by atoms with van der Waals surface area (Å²) in [4.78, 5) is 2.54. The van der Waals surface area contributed by atoms with Crippen molar-refractivity contribution in [1.82, 2.24) is 10.3 Å². The van der Waals surface area contributed by atoms with Gasteiger partial charge in [-0.15, -0.1) is 0 Å². The van der Waals surface area contributed by atoms with Crippen LogP contribution in [0, 0.1) is 0 Å². The van der Waals surface area contributed by atoms with Gasteiger partial charge in [-0.05, 0) is 37.1 Å². The molecule has 3 heteroatoms. The third-order valence-electron chi connectivity index (χ3n) is 3.25. The number of hydrazine groups is 1. The molecule has 2 rings (SSSR count). The van der Waals surface area contributed by atoms with E-state index in [1.165, 1.54) is 43.5 Å². The Bertz CT molecular complexity index is 319. The molecule has 0 bridgehead atoms. The summed E-state index contributed by atoms with van der Waals surface area (Å²) in [6.45, 7) is 4.30. The van der Waals surface area contributed by atoms with E-state index in [0.717, 1.165) is 13.1 Å². The first-order valence-electron chi connectivity index (χ1n) is 6.13. The fourth-order valence-electron chi connectivity index (χ4n) is 2.35. The van der Waals surface area contributed by atoms with Crippen molar-refractivity contribution in [3.63, 3.8) is 0 Å². The molecule has 3 N–H and O–H groups in total. The molecule has 1 aromatic carbocycles. The highest BCUT2D eigenvalue weighted by Gasteiger charge is 2.11. The van der Waals surface area contributed by atoms with Gasteiger partial charge in [0.05, 0.1) is 0 Å². The first-order valence-corrected chi connectivity index (χ1v) is 6.13. The lowest BCUT2D eigenvalue weighted by atomic mass is 10.1. The predicted octanol–water partition coefficient (Wildman–Crippen LogP) is 1.64. The Morgan fingerprint density at radius 2 is 1.75 bits per heavy atom. The number of benzene rings is 1. The van der Waals surface area contributed by atoms with E-state index < -0.39 is 0 Å². The minimum atomic E-state index is 0.754. The molecular formula is C13H21N3. The number of nitrogens with one attached hydrogen (secondary N) is 1. The molecule has 0 aliphatic carbocycles. The van der Waals surface area contributed by atoms with Crippen molar-refractivity contribution in [2.45, 2.75) is 32.4 Å². The number of piperidine rings is 1. The fraction of sp³-hybridized carbons (Fsp3) is 0.538. The molecule has 3 nitrogen and oxygen atoms in total. The summed E-state index contributed by atoms with van der Waals surface area (Å²) >= 11 is 0. The summed E-state index contributed by atoms with van der Waals surface area (Å²) < 4.78 is 0. The molecule has 16 heavy (non-hydrogen) atoms. The molecule has 1 heterocycles. The highest BCUT2D eigenvalue weighted by Crippen LogP contribution is 2.15. The molecule has 0 radical (unpaired) electrons. The van der Waals surface area contributed by atoms with Crippen molar-refractivity contribution >= 4 is 0 Å². The number of nitrogens with two attached hydrogens (primary N) is 1. The molecule has 0 amide bonds. The van der Waals surface area contributed by atoms with Crippen LogP contribution in [-0.4, -0.2) is 18.0 Å². The maximum Gasteiger partial charge on any atom is 0.0351 e. The van der Waals surface area contributed by atoms with Crippen LogP contribution in [0.3, 0.4) is 0 Å². The van der Waals surface area contributed by atoms with Crippen LogP contribution in [0.25, 0.3) is 0 Å². The van der Waals surface area contributed by atoms with E-state index in [0.29, 0.717) is 0 Å². The van der Waals surface area contributed by atoms with E-state index in [9.17, 15) is 0 Å². The van der Waals surface area contributed by atoms with E-state index in [2.05, 4.69) is 34.6 Å². The van der Waals surface area contributed by atoms with Gasteiger partial charge in [-0.3, -0.25) is 16.2 Å². The SMILES string of the molecule is NNCc1ccccc1CN1CCCCC1. The zero-order valence-electron chi connectivity index (χ0n) is 9.78. The second kappa shape index (κ2) is 5.99. The molecule has 1 aromatic rings. The number of hydrogen-bond donors (Lipinski definition) is 2. The van der Waals surface area contributed by atoms with Gasteiger partial charge in [-0.25, -0.2) is 0 Å². The lowest BCUT2D eigenvalue weighted by molar-refractivity contribution is 0.220. The first kappa shape index (κ1) is 11.6. The van der Waals surface area contributed by atoms with Crippen molar-refractivity contribution in [3.8, 4) is 0 Å². The van der Waals surface area contributed by atoms with Gasteiger partial charge in [0.1, 0.15) is 0 Å². The molecular weight excluding hydrogens is 198 g/mol. The highest BCUT2D eigenvalue weighted by atomic mass is 15.2. The molecule has 1 fully saturated rings. The van der Waals surface area contributed by atoms with Crippen LogP contribution >= 0.6 is 0 Å². The van der Waals surface area contributed by atoms with Gasteiger partial charge in [-0.1, -0.05) is 30.7 Å². The molecule has 0 atom stereocenters. The van der Waals surface area contributed by atoms with Crippen LogP contribution in [0.15, 0.2) is 24.3 Å². The third kappa shape index (κ3) is 3.04. The van der Waals surface area contributed by atoms with E-state index in [1.54, 1.807) is 0 Å². The summed E-state index contributed by atoms with van der Waals surface area (Å²) in [5, 5.41) is 0. The molecule has 1 aliphatic rings. The number of nitrogens with zero attached hydrogens (tertiary/aromatic N) is 1. The smallest absolute Gasteiger partial charge is 0.0351 e. The van der Waals surface area contributed by atoms with Crippen molar-refractivity contribution < 1.29 is 0 Å². The van der Waals surface area contributed by atoms with Crippen molar-refractivity contribution in [3.05, 3.63) is 35.4 Å². The summed E-state index contributed by atoms with van der Waals surface area (Å²) in [6.07, 6.45) is 4.08.